The van der Waals surface area contributed by atoms with Crippen LogP contribution in [0.5, 0.6) is 0 Å². The van der Waals surface area contributed by atoms with Crippen LogP contribution < -0.4 is 10.6 Å². The summed E-state index contributed by atoms with van der Waals surface area (Å²) in [7, 11) is 0. The summed E-state index contributed by atoms with van der Waals surface area (Å²) in [6.07, 6.45) is 2.81. The highest BCUT2D eigenvalue weighted by atomic mass is 16.5. The number of aromatic nitrogens is 2. The molecule has 1 fully saturated rings. The highest BCUT2D eigenvalue weighted by Gasteiger charge is 2.23. The molecule has 32 heavy (non-hydrogen) atoms. The number of nitrogens with zero attached hydrogens (tertiary/aromatic N) is 2. The summed E-state index contributed by atoms with van der Waals surface area (Å²) in [6.45, 7) is 5.42. The van der Waals surface area contributed by atoms with Gasteiger partial charge in [-0.25, -0.2) is 4.98 Å². The number of imidazole rings is 1. The number of carbonyl (C=O) groups is 2. The second kappa shape index (κ2) is 9.96. The zero-order valence-corrected chi connectivity index (χ0v) is 18.7. The number of aryl methyl sites for hydroxylation is 3. The zero-order chi connectivity index (χ0) is 22.5. The molecule has 1 aliphatic heterocycles. The van der Waals surface area contributed by atoms with Crippen LogP contribution in [0.1, 0.15) is 36.2 Å². The van der Waals surface area contributed by atoms with Gasteiger partial charge in [0.25, 0.3) is 0 Å². The minimum atomic E-state index is -0.312. The molecule has 168 valence electrons. The van der Waals surface area contributed by atoms with Crippen LogP contribution in [-0.4, -0.2) is 40.6 Å². The Labute approximate surface area is 188 Å². The molecule has 0 saturated carbocycles. The summed E-state index contributed by atoms with van der Waals surface area (Å²) in [5.41, 5.74) is 4.82. The van der Waals surface area contributed by atoms with Crippen molar-refractivity contribution in [1.29, 1.82) is 0 Å². The van der Waals surface area contributed by atoms with Crippen LogP contribution in [-0.2, 0) is 27.3 Å². The number of nitrogens with one attached hydrogen (secondary N) is 2. The number of hydrogen-bond donors (Lipinski definition) is 2. The molecule has 0 bridgehead atoms. The van der Waals surface area contributed by atoms with E-state index in [0.717, 1.165) is 52.9 Å². The summed E-state index contributed by atoms with van der Waals surface area (Å²) >= 11 is 0. The van der Waals surface area contributed by atoms with Crippen molar-refractivity contribution < 1.29 is 14.3 Å². The van der Waals surface area contributed by atoms with Gasteiger partial charge in [-0.05, 0) is 56.9 Å². The van der Waals surface area contributed by atoms with Crippen LogP contribution in [0.15, 0.2) is 42.5 Å². The van der Waals surface area contributed by atoms with Gasteiger partial charge in [0.15, 0.2) is 0 Å². The van der Waals surface area contributed by atoms with Crippen molar-refractivity contribution in [3.05, 3.63) is 59.4 Å². The normalized spacial score (nSPS) is 15.8. The molecule has 2 heterocycles. The average molecular weight is 435 g/mol. The average Bonchev–Trinajstić information content (AvgIpc) is 3.42. The molecule has 2 aromatic carbocycles. The van der Waals surface area contributed by atoms with Crippen LogP contribution in [0.25, 0.3) is 11.0 Å². The molecule has 1 atom stereocenters. The predicted molar refractivity (Wildman–Crippen MR) is 125 cm³/mol. The Hall–Kier alpha value is -3.19. The number of amides is 2. The standard InChI is InChI=1S/C25H30N4O3/c1-17-11-12-19(18(2)15-17)28-24(30)16-29-21-8-4-3-7-20(21)27-23(29)10-5-13-26-25(31)22-9-6-14-32-22/h3-4,7-8,11-12,15,22H,5-6,9-10,13-14,16H2,1-2H3,(H,26,31)(H,28,30). The largest absolute Gasteiger partial charge is 0.368 e. The number of benzene rings is 2. The summed E-state index contributed by atoms with van der Waals surface area (Å²) in [5.74, 6) is 0.713. The number of fused-ring (bicyclic) bond motifs is 1. The maximum absolute atomic E-state index is 12.8. The quantitative estimate of drug-likeness (QED) is 0.531. The highest BCUT2D eigenvalue weighted by Crippen LogP contribution is 2.19. The van der Waals surface area contributed by atoms with Gasteiger partial charge in [-0.2, -0.15) is 0 Å². The van der Waals surface area contributed by atoms with Gasteiger partial charge < -0.3 is 19.9 Å². The fourth-order valence-electron chi connectivity index (χ4n) is 4.14. The van der Waals surface area contributed by atoms with E-state index >= 15 is 0 Å². The van der Waals surface area contributed by atoms with Crippen LogP contribution in [0.3, 0.4) is 0 Å². The molecular weight excluding hydrogens is 404 g/mol. The Kier molecular flexibility index (Phi) is 6.85. The summed E-state index contributed by atoms with van der Waals surface area (Å²) in [6, 6.07) is 13.8. The molecule has 0 aliphatic carbocycles. The van der Waals surface area contributed by atoms with Crippen molar-refractivity contribution in [3.63, 3.8) is 0 Å². The number of carbonyl (C=O) groups excluding carboxylic acids is 2. The Balaban J connectivity index is 1.41. The van der Waals surface area contributed by atoms with Gasteiger partial charge in [0.05, 0.1) is 11.0 Å². The molecule has 1 aromatic heterocycles. The van der Waals surface area contributed by atoms with E-state index in [1.165, 1.54) is 0 Å². The second-order valence-electron chi connectivity index (χ2n) is 8.37. The molecule has 0 spiro atoms. The fourth-order valence-corrected chi connectivity index (χ4v) is 4.14. The SMILES string of the molecule is Cc1ccc(NC(=O)Cn2c(CCCNC(=O)C3CCCO3)nc3ccccc32)c(C)c1. The van der Waals surface area contributed by atoms with Gasteiger partial charge in [0, 0.05) is 25.3 Å². The van der Waals surface area contributed by atoms with Gasteiger partial charge in [-0.3, -0.25) is 9.59 Å². The molecule has 0 radical (unpaired) electrons. The first kappa shape index (κ1) is 22.0. The Morgan fingerprint density at radius 2 is 2.03 bits per heavy atom. The minimum Gasteiger partial charge on any atom is -0.368 e. The number of para-hydroxylation sites is 2. The molecule has 1 saturated heterocycles. The van der Waals surface area contributed by atoms with E-state index in [0.29, 0.717) is 19.6 Å². The first-order valence-electron chi connectivity index (χ1n) is 11.2. The third-order valence-electron chi connectivity index (χ3n) is 5.79. The van der Waals surface area contributed by atoms with Gasteiger partial charge in [-0.15, -0.1) is 0 Å². The number of ether oxygens (including phenoxy) is 1. The lowest BCUT2D eigenvalue weighted by Crippen LogP contribution is -2.34. The summed E-state index contributed by atoms with van der Waals surface area (Å²) in [5, 5.41) is 5.97. The van der Waals surface area contributed by atoms with Crippen molar-refractivity contribution in [1.82, 2.24) is 14.9 Å². The minimum absolute atomic E-state index is 0.0381. The molecule has 1 aliphatic rings. The topological polar surface area (TPSA) is 85.2 Å². The predicted octanol–water partition coefficient (Wildman–Crippen LogP) is 3.52. The first-order chi connectivity index (χ1) is 15.5. The van der Waals surface area contributed by atoms with E-state index in [4.69, 9.17) is 9.72 Å². The lowest BCUT2D eigenvalue weighted by molar-refractivity contribution is -0.130. The molecule has 2 N–H and O–H groups in total. The molecule has 7 nitrogen and oxygen atoms in total. The van der Waals surface area contributed by atoms with E-state index < -0.39 is 0 Å². The number of rotatable bonds is 8. The van der Waals surface area contributed by atoms with E-state index in [1.807, 2.05) is 54.8 Å². The Morgan fingerprint density at radius 3 is 2.81 bits per heavy atom. The summed E-state index contributed by atoms with van der Waals surface area (Å²) < 4.78 is 7.39. The van der Waals surface area contributed by atoms with E-state index in [2.05, 4.69) is 16.7 Å². The van der Waals surface area contributed by atoms with Crippen LogP contribution in [0, 0.1) is 13.8 Å². The third-order valence-corrected chi connectivity index (χ3v) is 5.79. The van der Waals surface area contributed by atoms with Gasteiger partial charge in [0.1, 0.15) is 18.5 Å². The zero-order valence-electron chi connectivity index (χ0n) is 18.7. The van der Waals surface area contributed by atoms with Crippen LogP contribution in [0.2, 0.25) is 0 Å². The lowest BCUT2D eigenvalue weighted by atomic mass is 10.1. The van der Waals surface area contributed by atoms with Crippen molar-refractivity contribution in [2.24, 2.45) is 0 Å². The first-order valence-corrected chi connectivity index (χ1v) is 11.2. The number of hydrogen-bond acceptors (Lipinski definition) is 4. The lowest BCUT2D eigenvalue weighted by Gasteiger charge is -2.13. The van der Waals surface area contributed by atoms with Crippen LogP contribution >= 0.6 is 0 Å². The van der Waals surface area contributed by atoms with Crippen molar-refractivity contribution >= 4 is 28.5 Å². The molecule has 3 aromatic rings. The van der Waals surface area contributed by atoms with E-state index in [9.17, 15) is 9.59 Å². The van der Waals surface area contributed by atoms with Gasteiger partial charge in [0.2, 0.25) is 11.8 Å². The molecule has 2 amide bonds. The Morgan fingerprint density at radius 1 is 1.19 bits per heavy atom. The Bertz CT molecular complexity index is 1120. The molecular formula is C25H30N4O3. The monoisotopic (exact) mass is 434 g/mol. The molecule has 4 rings (SSSR count). The maximum Gasteiger partial charge on any atom is 0.249 e. The second-order valence-corrected chi connectivity index (χ2v) is 8.37. The van der Waals surface area contributed by atoms with E-state index in [1.54, 1.807) is 0 Å². The van der Waals surface area contributed by atoms with Crippen molar-refractivity contribution in [2.45, 2.75) is 52.2 Å². The summed E-state index contributed by atoms with van der Waals surface area (Å²) in [4.78, 5) is 29.7. The fraction of sp³-hybridized carbons (Fsp3) is 0.400. The van der Waals surface area contributed by atoms with Crippen molar-refractivity contribution in [2.75, 3.05) is 18.5 Å². The number of anilines is 1. The molecule has 7 heteroatoms. The van der Waals surface area contributed by atoms with Gasteiger partial charge >= 0.3 is 0 Å². The van der Waals surface area contributed by atoms with Crippen molar-refractivity contribution in [3.8, 4) is 0 Å². The van der Waals surface area contributed by atoms with E-state index in [-0.39, 0.29) is 24.5 Å². The van der Waals surface area contributed by atoms with Crippen LogP contribution in [0.4, 0.5) is 5.69 Å². The maximum atomic E-state index is 12.8. The van der Waals surface area contributed by atoms with Gasteiger partial charge in [-0.1, -0.05) is 29.8 Å². The molecule has 1 unspecified atom stereocenters. The smallest absolute Gasteiger partial charge is 0.249 e. The highest BCUT2D eigenvalue weighted by molar-refractivity contribution is 5.92. The third kappa shape index (κ3) is 5.16.